The van der Waals surface area contributed by atoms with Crippen LogP contribution >= 0.6 is 0 Å². The van der Waals surface area contributed by atoms with Crippen LogP contribution in [0.15, 0.2) is 42.9 Å². The molecule has 3 aromatic rings. The predicted molar refractivity (Wildman–Crippen MR) is 158 cm³/mol. The zero-order valence-electron chi connectivity index (χ0n) is 24.9. The zero-order chi connectivity index (χ0) is 27.0. The Morgan fingerprint density at radius 1 is 0.872 bits per heavy atom. The maximum atomic E-state index is 4.64. The van der Waals surface area contributed by atoms with Gasteiger partial charge < -0.3 is 0 Å². The molecule has 2 aromatic heterocycles. The lowest BCUT2D eigenvalue weighted by Crippen LogP contribution is -2.53. The fourth-order valence-electron chi connectivity index (χ4n) is 10.6. The van der Waals surface area contributed by atoms with Crippen LogP contribution in [-0.4, -0.2) is 20.0 Å². The van der Waals surface area contributed by atoms with Gasteiger partial charge in [-0.25, -0.2) is 4.68 Å². The summed E-state index contributed by atoms with van der Waals surface area (Å²) in [6.45, 7) is 12.3. The molecule has 0 aliphatic heterocycles. The molecule has 4 aliphatic carbocycles. The lowest BCUT2D eigenvalue weighted by Gasteiger charge is -2.61. The van der Waals surface area contributed by atoms with E-state index in [1.54, 1.807) is 5.56 Å². The third-order valence-corrected chi connectivity index (χ3v) is 12.4. The summed E-state index contributed by atoms with van der Waals surface area (Å²) in [5.41, 5.74) is 4.11. The number of pyridine rings is 1. The average Bonchev–Trinajstić information content (AvgIpc) is 3.50. The first-order valence-corrected chi connectivity index (χ1v) is 15.9. The topological polar surface area (TPSA) is 43.6 Å². The van der Waals surface area contributed by atoms with Crippen molar-refractivity contribution in [3.05, 3.63) is 54.1 Å². The van der Waals surface area contributed by atoms with E-state index in [2.05, 4.69) is 78.9 Å². The van der Waals surface area contributed by atoms with Gasteiger partial charge in [0.2, 0.25) is 0 Å². The molecule has 8 atom stereocenters. The molecular formula is C35H48N4. The summed E-state index contributed by atoms with van der Waals surface area (Å²) in [6, 6.07) is 9.91. The molecule has 0 bridgehead atoms. The highest BCUT2D eigenvalue weighted by Gasteiger charge is 2.60. The Bertz CT molecular complexity index is 1350. The van der Waals surface area contributed by atoms with Crippen molar-refractivity contribution in [2.75, 3.05) is 0 Å². The van der Waals surface area contributed by atoms with Gasteiger partial charge in [0, 0.05) is 17.8 Å². The number of hydrogen-bond acceptors (Lipinski definition) is 3. The standard InChI is InChI=1S/C35H48N4/c1-33(2,3)20-28-22-37-38-39(28)27-12-15-34(4)26(19-27)8-9-29-31-11-10-30(35(31,5)16-13-32(29)34)24-7-6-23-14-17-36-21-25(23)18-24/h6-7,14,17-18,21-22,26-27,29-32H,8-13,15-16,19-20H2,1-5H3/t26-,27-,29-,30+,31-,32-,34-,35+/m0/s1. The second-order valence-corrected chi connectivity index (χ2v) is 15.6. The Morgan fingerprint density at radius 3 is 2.54 bits per heavy atom. The van der Waals surface area contributed by atoms with Gasteiger partial charge in [0.25, 0.3) is 0 Å². The molecule has 2 heterocycles. The average molecular weight is 525 g/mol. The number of rotatable bonds is 3. The fourth-order valence-corrected chi connectivity index (χ4v) is 10.6. The summed E-state index contributed by atoms with van der Waals surface area (Å²) in [5, 5.41) is 11.6. The quantitative estimate of drug-likeness (QED) is 0.344. The maximum absolute atomic E-state index is 4.64. The van der Waals surface area contributed by atoms with E-state index in [1.807, 2.05) is 18.6 Å². The van der Waals surface area contributed by atoms with Crippen LogP contribution in [0, 0.1) is 39.9 Å². The molecule has 0 radical (unpaired) electrons. The number of hydrogen-bond donors (Lipinski definition) is 0. The van der Waals surface area contributed by atoms with Crippen molar-refractivity contribution in [2.24, 2.45) is 39.9 Å². The van der Waals surface area contributed by atoms with Crippen LogP contribution in [0.5, 0.6) is 0 Å². The number of nitrogens with zero attached hydrogens (tertiary/aromatic N) is 4. The van der Waals surface area contributed by atoms with E-state index in [0.717, 1.165) is 30.1 Å². The summed E-state index contributed by atoms with van der Waals surface area (Å²) in [7, 11) is 0. The van der Waals surface area contributed by atoms with Crippen molar-refractivity contribution in [1.29, 1.82) is 0 Å². The van der Waals surface area contributed by atoms with Gasteiger partial charge in [-0.05, 0) is 133 Å². The van der Waals surface area contributed by atoms with Gasteiger partial charge in [-0.1, -0.05) is 52.0 Å². The summed E-state index contributed by atoms with van der Waals surface area (Å²) in [4.78, 5) is 4.41. The number of fused-ring (bicyclic) bond motifs is 6. The number of aromatic nitrogens is 4. The maximum Gasteiger partial charge on any atom is 0.0725 e. The van der Waals surface area contributed by atoms with Crippen molar-refractivity contribution < 1.29 is 0 Å². The molecular weight excluding hydrogens is 476 g/mol. The third-order valence-electron chi connectivity index (χ3n) is 12.4. The number of benzene rings is 1. The normalized spacial score (nSPS) is 38.3. The summed E-state index contributed by atoms with van der Waals surface area (Å²) in [5.74, 6) is 4.23. The van der Waals surface area contributed by atoms with E-state index in [9.17, 15) is 0 Å². The largest absolute Gasteiger partial charge is 0.264 e. The van der Waals surface area contributed by atoms with Gasteiger partial charge in [0.1, 0.15) is 0 Å². The van der Waals surface area contributed by atoms with Crippen LogP contribution in [0.3, 0.4) is 0 Å². The van der Waals surface area contributed by atoms with Crippen molar-refractivity contribution in [3.8, 4) is 0 Å². The van der Waals surface area contributed by atoms with Crippen LogP contribution in [-0.2, 0) is 6.42 Å². The first kappa shape index (κ1) is 25.7. The van der Waals surface area contributed by atoms with Crippen LogP contribution in [0.1, 0.15) is 116 Å². The lowest BCUT2D eigenvalue weighted by molar-refractivity contribution is -0.113. The first-order chi connectivity index (χ1) is 18.7. The SMILES string of the molecule is CC(C)(C)Cc1cnnn1[C@H]1CC[C@@]2(C)[C@@H](CC[C@@H]3[C@@H]2CC[C@]2(C)[C@@H](c4ccc5ccncc5c4)CC[C@@H]32)C1. The van der Waals surface area contributed by atoms with Crippen molar-refractivity contribution in [3.63, 3.8) is 0 Å². The summed E-state index contributed by atoms with van der Waals surface area (Å²) < 4.78 is 2.33. The minimum absolute atomic E-state index is 0.262. The predicted octanol–water partition coefficient (Wildman–Crippen LogP) is 8.78. The fraction of sp³-hybridized carbons (Fsp3) is 0.686. The summed E-state index contributed by atoms with van der Waals surface area (Å²) in [6.07, 6.45) is 19.5. The second-order valence-electron chi connectivity index (χ2n) is 15.6. The van der Waals surface area contributed by atoms with Crippen LogP contribution in [0.2, 0.25) is 0 Å². The monoisotopic (exact) mass is 524 g/mol. The van der Waals surface area contributed by atoms with Gasteiger partial charge in [0.15, 0.2) is 0 Å². The summed E-state index contributed by atoms with van der Waals surface area (Å²) >= 11 is 0. The lowest BCUT2D eigenvalue weighted by atomic mass is 9.44. The van der Waals surface area contributed by atoms with Gasteiger partial charge >= 0.3 is 0 Å². The molecule has 4 saturated carbocycles. The van der Waals surface area contributed by atoms with E-state index in [1.165, 1.54) is 74.3 Å². The molecule has 1 aromatic carbocycles. The van der Waals surface area contributed by atoms with Gasteiger partial charge in [-0.3, -0.25) is 4.98 Å². The van der Waals surface area contributed by atoms with E-state index in [0.29, 0.717) is 22.8 Å². The molecule has 4 heteroatoms. The van der Waals surface area contributed by atoms with Gasteiger partial charge in [-0.2, -0.15) is 0 Å². The van der Waals surface area contributed by atoms with E-state index in [4.69, 9.17) is 0 Å². The second kappa shape index (κ2) is 9.14. The van der Waals surface area contributed by atoms with Crippen molar-refractivity contribution in [2.45, 2.75) is 111 Å². The van der Waals surface area contributed by atoms with E-state index < -0.39 is 0 Å². The zero-order valence-corrected chi connectivity index (χ0v) is 24.9. The molecule has 4 nitrogen and oxygen atoms in total. The van der Waals surface area contributed by atoms with E-state index in [-0.39, 0.29) is 5.41 Å². The molecule has 39 heavy (non-hydrogen) atoms. The smallest absolute Gasteiger partial charge is 0.0725 e. The Morgan fingerprint density at radius 2 is 1.69 bits per heavy atom. The molecule has 4 aliphatic rings. The molecule has 4 fully saturated rings. The van der Waals surface area contributed by atoms with Crippen molar-refractivity contribution in [1.82, 2.24) is 20.0 Å². The molecule has 0 saturated heterocycles. The Balaban J connectivity index is 1.10. The Kier molecular flexibility index (Phi) is 6.03. The molecule has 0 spiro atoms. The van der Waals surface area contributed by atoms with Crippen molar-refractivity contribution >= 4 is 10.8 Å². The molecule has 0 unspecified atom stereocenters. The Hall–Kier alpha value is -2.23. The highest BCUT2D eigenvalue weighted by Crippen LogP contribution is 2.69. The van der Waals surface area contributed by atoms with Crippen LogP contribution in [0.4, 0.5) is 0 Å². The highest BCUT2D eigenvalue weighted by molar-refractivity contribution is 5.82. The Labute approximate surface area is 235 Å². The minimum atomic E-state index is 0.262. The molecule has 208 valence electrons. The highest BCUT2D eigenvalue weighted by atomic mass is 15.4. The van der Waals surface area contributed by atoms with Crippen LogP contribution in [0.25, 0.3) is 10.8 Å². The third kappa shape index (κ3) is 4.18. The molecule has 0 N–H and O–H groups in total. The molecule has 7 rings (SSSR count). The van der Waals surface area contributed by atoms with Crippen LogP contribution < -0.4 is 0 Å². The van der Waals surface area contributed by atoms with E-state index >= 15 is 0 Å². The van der Waals surface area contributed by atoms with Gasteiger partial charge in [0.05, 0.1) is 17.9 Å². The molecule has 0 amide bonds. The first-order valence-electron chi connectivity index (χ1n) is 15.9. The minimum Gasteiger partial charge on any atom is -0.264 e. The van der Waals surface area contributed by atoms with Gasteiger partial charge in [-0.15, -0.1) is 5.10 Å².